The van der Waals surface area contributed by atoms with Gasteiger partial charge in [0.1, 0.15) is 4.83 Å². The number of ether oxygens (including phenoxy) is 1. The third-order valence-corrected chi connectivity index (χ3v) is 7.53. The molecule has 5 rings (SSSR count). The van der Waals surface area contributed by atoms with Crippen LogP contribution < -0.4 is 5.73 Å². The van der Waals surface area contributed by atoms with E-state index in [0.717, 1.165) is 31.9 Å². The molecular weight excluding hydrogens is 456 g/mol. The number of carbonyl (C=O) groups excluding carboxylic acids is 1. The molecule has 1 amide bonds. The van der Waals surface area contributed by atoms with Crippen molar-refractivity contribution < 1.29 is 9.53 Å². The molecule has 8 nitrogen and oxygen atoms in total. The molecule has 0 atom stereocenters. The molecule has 1 aliphatic heterocycles. The van der Waals surface area contributed by atoms with Gasteiger partial charge >= 0.3 is 0 Å². The van der Waals surface area contributed by atoms with Crippen LogP contribution in [-0.2, 0) is 9.53 Å². The summed E-state index contributed by atoms with van der Waals surface area (Å²) < 4.78 is 7.36. The van der Waals surface area contributed by atoms with E-state index in [4.69, 9.17) is 10.5 Å². The molecular formula is C23H24N6O2S2. The van der Waals surface area contributed by atoms with Crippen LogP contribution in [0.25, 0.3) is 26.6 Å². The van der Waals surface area contributed by atoms with Crippen LogP contribution in [0, 0.1) is 13.8 Å². The Bertz CT molecular complexity index is 1310. The summed E-state index contributed by atoms with van der Waals surface area (Å²) in [6.07, 6.45) is 1.76. The third-order valence-electron chi connectivity index (χ3n) is 5.49. The number of nitrogen functional groups attached to an aromatic ring is 1. The lowest BCUT2D eigenvalue weighted by atomic mass is 10.1. The van der Waals surface area contributed by atoms with Gasteiger partial charge in [0.15, 0.2) is 11.0 Å². The number of thiophene rings is 1. The van der Waals surface area contributed by atoms with Crippen LogP contribution in [0.1, 0.15) is 11.1 Å². The normalized spacial score (nSPS) is 14.2. The first kappa shape index (κ1) is 21.9. The summed E-state index contributed by atoms with van der Waals surface area (Å²) in [5.74, 6) is 1.01. The van der Waals surface area contributed by atoms with E-state index in [-0.39, 0.29) is 11.7 Å². The van der Waals surface area contributed by atoms with Crippen molar-refractivity contribution in [2.75, 3.05) is 37.8 Å². The Balaban J connectivity index is 1.56. The Morgan fingerprint density at radius 3 is 2.67 bits per heavy atom. The van der Waals surface area contributed by atoms with Gasteiger partial charge in [0.25, 0.3) is 0 Å². The molecule has 33 heavy (non-hydrogen) atoms. The third kappa shape index (κ3) is 4.33. The Morgan fingerprint density at radius 2 is 1.94 bits per heavy atom. The maximum atomic E-state index is 12.7. The number of thioether (sulfide) groups is 1. The number of morpholine rings is 1. The number of fused-ring (bicyclic) bond motifs is 1. The smallest absolute Gasteiger partial charge is 0.233 e. The number of aryl methyl sites for hydroxylation is 2. The molecule has 10 heteroatoms. The number of hydrogen-bond acceptors (Lipinski definition) is 8. The van der Waals surface area contributed by atoms with E-state index in [1.165, 1.54) is 23.1 Å². The molecule has 1 fully saturated rings. The highest BCUT2D eigenvalue weighted by atomic mass is 32.2. The molecule has 4 aromatic rings. The van der Waals surface area contributed by atoms with Crippen LogP contribution in [0.5, 0.6) is 0 Å². The number of amides is 1. The second kappa shape index (κ2) is 9.12. The Morgan fingerprint density at radius 1 is 1.18 bits per heavy atom. The standard InChI is InChI=1S/C23H24N6O2S2/c1-14-10-15(2)12-16(11-14)29-21(20-19(24)17-4-3-5-25-22(17)33-20)26-27-23(29)32-13-18(30)28-6-8-31-9-7-28/h3-5,10-12H,6-9,13,24H2,1-2H3. The zero-order valence-electron chi connectivity index (χ0n) is 18.4. The van der Waals surface area contributed by atoms with Gasteiger partial charge in [-0.3, -0.25) is 9.36 Å². The van der Waals surface area contributed by atoms with Crippen LogP contribution in [0.2, 0.25) is 0 Å². The number of aromatic nitrogens is 4. The van der Waals surface area contributed by atoms with Crippen molar-refractivity contribution in [3.8, 4) is 16.4 Å². The van der Waals surface area contributed by atoms with Crippen LogP contribution in [-0.4, -0.2) is 62.6 Å². The first-order valence-corrected chi connectivity index (χ1v) is 12.5. The van der Waals surface area contributed by atoms with Crippen molar-refractivity contribution in [3.63, 3.8) is 0 Å². The van der Waals surface area contributed by atoms with E-state index in [9.17, 15) is 4.79 Å². The van der Waals surface area contributed by atoms with E-state index in [1.54, 1.807) is 6.20 Å². The summed E-state index contributed by atoms with van der Waals surface area (Å²) in [6.45, 7) is 6.54. The molecule has 1 saturated heterocycles. The summed E-state index contributed by atoms with van der Waals surface area (Å²) in [6, 6.07) is 10.2. The summed E-state index contributed by atoms with van der Waals surface area (Å²) in [5, 5.41) is 10.5. The predicted octanol–water partition coefficient (Wildman–Crippen LogP) is 3.69. The maximum Gasteiger partial charge on any atom is 0.233 e. The molecule has 0 bridgehead atoms. The number of hydrogen-bond donors (Lipinski definition) is 1. The van der Waals surface area contributed by atoms with E-state index in [1.807, 2.05) is 21.6 Å². The van der Waals surface area contributed by atoms with Crippen LogP contribution in [0.15, 0.2) is 41.7 Å². The van der Waals surface area contributed by atoms with Gasteiger partial charge in [-0.15, -0.1) is 21.5 Å². The molecule has 0 spiro atoms. The molecule has 0 radical (unpaired) electrons. The lowest BCUT2D eigenvalue weighted by molar-refractivity contribution is -0.132. The average molecular weight is 481 g/mol. The zero-order valence-corrected chi connectivity index (χ0v) is 20.1. The number of nitrogens with two attached hydrogens (primary N) is 1. The summed E-state index contributed by atoms with van der Waals surface area (Å²) in [4.78, 5) is 20.7. The molecule has 170 valence electrons. The molecule has 1 aliphatic rings. The highest BCUT2D eigenvalue weighted by Gasteiger charge is 2.24. The molecule has 2 N–H and O–H groups in total. The molecule has 0 unspecified atom stereocenters. The van der Waals surface area contributed by atoms with E-state index in [2.05, 4.69) is 47.2 Å². The van der Waals surface area contributed by atoms with Gasteiger partial charge in [-0.1, -0.05) is 17.8 Å². The summed E-state index contributed by atoms with van der Waals surface area (Å²) >= 11 is 2.89. The Hall–Kier alpha value is -2.95. The molecule has 0 aliphatic carbocycles. The van der Waals surface area contributed by atoms with Gasteiger partial charge in [0.05, 0.1) is 35.2 Å². The summed E-state index contributed by atoms with van der Waals surface area (Å²) in [7, 11) is 0. The van der Waals surface area contributed by atoms with E-state index in [0.29, 0.717) is 43.0 Å². The first-order valence-electron chi connectivity index (χ1n) is 10.7. The number of carbonyl (C=O) groups is 1. The topological polar surface area (TPSA) is 99.2 Å². The van der Waals surface area contributed by atoms with Crippen molar-refractivity contribution >= 4 is 44.9 Å². The number of nitrogens with zero attached hydrogens (tertiary/aromatic N) is 5. The van der Waals surface area contributed by atoms with Crippen LogP contribution in [0.4, 0.5) is 5.69 Å². The average Bonchev–Trinajstić information content (AvgIpc) is 3.38. The predicted molar refractivity (Wildman–Crippen MR) is 132 cm³/mol. The summed E-state index contributed by atoms with van der Waals surface area (Å²) in [5.41, 5.74) is 10.4. The highest BCUT2D eigenvalue weighted by Crippen LogP contribution is 2.41. The van der Waals surface area contributed by atoms with Gasteiger partial charge in [-0.25, -0.2) is 4.98 Å². The number of pyridine rings is 1. The second-order valence-corrected chi connectivity index (χ2v) is 9.91. The van der Waals surface area contributed by atoms with Crippen LogP contribution >= 0.6 is 23.1 Å². The quantitative estimate of drug-likeness (QED) is 0.435. The van der Waals surface area contributed by atoms with Crippen molar-refractivity contribution in [2.45, 2.75) is 19.0 Å². The van der Waals surface area contributed by atoms with E-state index >= 15 is 0 Å². The minimum absolute atomic E-state index is 0.0744. The maximum absolute atomic E-state index is 12.7. The van der Waals surface area contributed by atoms with Gasteiger partial charge in [-0.05, 0) is 49.2 Å². The largest absolute Gasteiger partial charge is 0.397 e. The lowest BCUT2D eigenvalue weighted by Gasteiger charge is -2.26. The molecule has 3 aromatic heterocycles. The molecule has 1 aromatic carbocycles. The fraction of sp³-hybridized carbons (Fsp3) is 0.304. The van der Waals surface area contributed by atoms with Crippen LogP contribution in [0.3, 0.4) is 0 Å². The molecule has 0 saturated carbocycles. The Kier molecular flexibility index (Phi) is 6.05. The highest BCUT2D eigenvalue weighted by molar-refractivity contribution is 7.99. The Labute approximate surface area is 199 Å². The number of anilines is 1. The van der Waals surface area contributed by atoms with Gasteiger partial charge in [-0.2, -0.15) is 0 Å². The number of rotatable bonds is 5. The van der Waals surface area contributed by atoms with Crippen molar-refractivity contribution in [2.24, 2.45) is 0 Å². The first-order chi connectivity index (χ1) is 16.0. The second-order valence-electron chi connectivity index (χ2n) is 7.97. The molecule has 4 heterocycles. The van der Waals surface area contributed by atoms with Crippen molar-refractivity contribution in [3.05, 3.63) is 47.7 Å². The van der Waals surface area contributed by atoms with Gasteiger partial charge < -0.3 is 15.4 Å². The van der Waals surface area contributed by atoms with Gasteiger partial charge in [0.2, 0.25) is 5.91 Å². The lowest BCUT2D eigenvalue weighted by Crippen LogP contribution is -2.41. The minimum Gasteiger partial charge on any atom is -0.397 e. The minimum atomic E-state index is 0.0744. The monoisotopic (exact) mass is 480 g/mol. The fourth-order valence-electron chi connectivity index (χ4n) is 3.97. The zero-order chi connectivity index (χ0) is 22.9. The SMILES string of the molecule is Cc1cc(C)cc(-n2c(SCC(=O)N3CCOCC3)nnc2-c2sc3ncccc3c2N)c1. The van der Waals surface area contributed by atoms with E-state index < -0.39 is 0 Å². The van der Waals surface area contributed by atoms with Crippen molar-refractivity contribution in [1.82, 2.24) is 24.6 Å². The van der Waals surface area contributed by atoms with Gasteiger partial charge in [0, 0.05) is 24.7 Å². The van der Waals surface area contributed by atoms with Crippen molar-refractivity contribution in [1.29, 1.82) is 0 Å². The number of benzene rings is 1. The fourth-order valence-corrected chi connectivity index (χ4v) is 5.86.